The average molecular weight is 578 g/mol. The molecule has 3 aliphatic rings. The van der Waals surface area contributed by atoms with Crippen LogP contribution >= 0.6 is 0 Å². The van der Waals surface area contributed by atoms with Crippen LogP contribution in [0.2, 0.25) is 0 Å². The number of benzene rings is 1. The van der Waals surface area contributed by atoms with E-state index in [-0.39, 0.29) is 39.9 Å². The third kappa shape index (κ3) is 4.90. The van der Waals surface area contributed by atoms with E-state index in [9.17, 15) is 47.7 Å². The van der Waals surface area contributed by atoms with E-state index in [2.05, 4.69) is 4.98 Å². The Bertz CT molecular complexity index is 1480. The van der Waals surface area contributed by atoms with Crippen LogP contribution in [-0.4, -0.2) is 79.9 Å². The van der Waals surface area contributed by atoms with Crippen LogP contribution in [-0.2, 0) is 25.5 Å². The summed E-state index contributed by atoms with van der Waals surface area (Å²) in [6, 6.07) is 2.73. The number of aromatic nitrogens is 1. The zero-order valence-electron chi connectivity index (χ0n) is 21.7. The predicted octanol–water partition coefficient (Wildman–Crippen LogP) is 1.43. The molecule has 2 aliphatic carbocycles. The number of phenols is 1. The molecule has 218 valence electrons. The average Bonchev–Trinajstić information content (AvgIpc) is 2.89. The maximum Gasteiger partial charge on any atom is 0.471 e. The van der Waals surface area contributed by atoms with Crippen LogP contribution in [0.3, 0.4) is 0 Å². The van der Waals surface area contributed by atoms with Crippen molar-refractivity contribution in [1.82, 2.24) is 10.3 Å². The Hall–Kier alpha value is -3.72. The number of amides is 1. The van der Waals surface area contributed by atoms with Crippen molar-refractivity contribution in [3.63, 3.8) is 0 Å². The molecule has 1 aromatic heterocycles. The van der Waals surface area contributed by atoms with E-state index >= 15 is 0 Å². The second kappa shape index (κ2) is 9.98. The van der Waals surface area contributed by atoms with Crippen molar-refractivity contribution in [2.75, 3.05) is 0 Å². The van der Waals surface area contributed by atoms with Gasteiger partial charge >= 0.3 is 12.1 Å². The molecule has 0 spiro atoms. The third-order valence-electron chi connectivity index (χ3n) is 7.74. The Morgan fingerprint density at radius 3 is 2.59 bits per heavy atom. The summed E-state index contributed by atoms with van der Waals surface area (Å²) in [7, 11) is 0. The summed E-state index contributed by atoms with van der Waals surface area (Å²) in [6.45, 7) is 2.48. The lowest BCUT2D eigenvalue weighted by Crippen LogP contribution is -2.57. The van der Waals surface area contributed by atoms with Crippen molar-refractivity contribution in [2.45, 2.75) is 75.5 Å². The van der Waals surface area contributed by atoms with Crippen LogP contribution in [0.5, 0.6) is 5.75 Å². The van der Waals surface area contributed by atoms with Crippen LogP contribution in [0.1, 0.15) is 75.9 Å². The summed E-state index contributed by atoms with van der Waals surface area (Å²) >= 11 is 0. The minimum Gasteiger partial charge on any atom is -0.507 e. The van der Waals surface area contributed by atoms with Crippen LogP contribution in [0.15, 0.2) is 24.4 Å². The Morgan fingerprint density at radius 1 is 1.22 bits per heavy atom. The number of hydrogen-bond acceptors (Lipinski definition) is 10. The monoisotopic (exact) mass is 578 g/mol. The van der Waals surface area contributed by atoms with Crippen molar-refractivity contribution >= 4 is 23.3 Å². The number of hydrogen-bond donors (Lipinski definition) is 4. The third-order valence-corrected chi connectivity index (χ3v) is 7.74. The van der Waals surface area contributed by atoms with E-state index in [0.29, 0.717) is 0 Å². The molecule has 5 rings (SSSR count). The Labute approximate surface area is 230 Å². The highest BCUT2D eigenvalue weighted by molar-refractivity contribution is 6.28. The molecule has 1 aliphatic heterocycles. The summed E-state index contributed by atoms with van der Waals surface area (Å²) in [5.74, 6) is -4.90. The SMILES string of the molecule is CC(=O)[C@]1(O)Cc2cc3c(c(O)c2[C@@H](O[C@H]2C[C@H](NC(=O)C(F)(F)F)[C@H](O)[C@H](C)O2)C1)C(=O)c1ncccc1C3=O. The molecule has 2 aromatic rings. The normalized spacial score (nSPS) is 29.3. The summed E-state index contributed by atoms with van der Waals surface area (Å²) in [5.41, 5.74) is -2.56. The van der Waals surface area contributed by atoms with Crippen molar-refractivity contribution < 1.29 is 57.1 Å². The van der Waals surface area contributed by atoms with E-state index < -0.39 is 84.3 Å². The smallest absolute Gasteiger partial charge is 0.471 e. The van der Waals surface area contributed by atoms with Gasteiger partial charge in [0.2, 0.25) is 5.78 Å². The number of fused-ring (bicyclic) bond motifs is 3. The lowest BCUT2D eigenvalue weighted by molar-refractivity contribution is -0.250. The molecular weight excluding hydrogens is 553 g/mol. The fourth-order valence-corrected chi connectivity index (χ4v) is 5.58. The number of ketones is 3. The van der Waals surface area contributed by atoms with Gasteiger partial charge in [-0.05, 0) is 37.6 Å². The molecule has 0 bridgehead atoms. The van der Waals surface area contributed by atoms with E-state index in [0.717, 1.165) is 6.92 Å². The molecule has 14 heteroatoms. The number of pyridine rings is 1. The van der Waals surface area contributed by atoms with Gasteiger partial charge in [-0.2, -0.15) is 13.2 Å². The number of carbonyl (C=O) groups is 4. The summed E-state index contributed by atoms with van der Waals surface area (Å²) in [6.07, 6.45) is -10.5. The predicted molar refractivity (Wildman–Crippen MR) is 130 cm³/mol. The molecule has 1 saturated heterocycles. The number of aliphatic hydroxyl groups excluding tert-OH is 1. The minimum absolute atomic E-state index is 0.0184. The van der Waals surface area contributed by atoms with Gasteiger partial charge in [0.25, 0.3) is 0 Å². The largest absolute Gasteiger partial charge is 0.507 e. The fourth-order valence-electron chi connectivity index (χ4n) is 5.58. The van der Waals surface area contributed by atoms with Crippen molar-refractivity contribution in [2.24, 2.45) is 0 Å². The van der Waals surface area contributed by atoms with Gasteiger partial charge in [-0.3, -0.25) is 24.2 Å². The molecule has 11 nitrogen and oxygen atoms in total. The number of ether oxygens (including phenoxy) is 2. The summed E-state index contributed by atoms with van der Waals surface area (Å²) < 4.78 is 50.1. The number of nitrogens with zero attached hydrogens (tertiary/aromatic N) is 1. The van der Waals surface area contributed by atoms with Gasteiger partial charge in [0.1, 0.15) is 23.1 Å². The van der Waals surface area contributed by atoms with Crippen LogP contribution < -0.4 is 5.32 Å². The van der Waals surface area contributed by atoms with Gasteiger partial charge in [-0.1, -0.05) is 0 Å². The molecule has 41 heavy (non-hydrogen) atoms. The van der Waals surface area contributed by atoms with Crippen molar-refractivity contribution in [3.8, 4) is 5.75 Å². The van der Waals surface area contributed by atoms with Gasteiger partial charge in [0, 0.05) is 36.6 Å². The molecular formula is C27H25F3N2O9. The summed E-state index contributed by atoms with van der Waals surface area (Å²) in [5, 5.41) is 34.6. The van der Waals surface area contributed by atoms with Crippen molar-refractivity contribution in [3.05, 3.63) is 57.9 Å². The number of Topliss-reactive ketones (excluding diaryl/α,β-unsaturated/α-hetero) is 1. The Kier molecular flexibility index (Phi) is 7.01. The first-order valence-electron chi connectivity index (χ1n) is 12.7. The van der Waals surface area contributed by atoms with E-state index in [1.54, 1.807) is 5.32 Å². The number of nitrogens with one attached hydrogen (secondary N) is 1. The lowest BCUT2D eigenvalue weighted by atomic mass is 9.73. The number of halogens is 3. The number of aliphatic hydroxyl groups is 2. The van der Waals surface area contributed by atoms with E-state index in [4.69, 9.17) is 9.47 Å². The Balaban J connectivity index is 1.54. The molecule has 0 saturated carbocycles. The minimum atomic E-state index is -5.21. The van der Waals surface area contributed by atoms with E-state index in [1.807, 2.05) is 0 Å². The van der Waals surface area contributed by atoms with Crippen molar-refractivity contribution in [1.29, 1.82) is 0 Å². The van der Waals surface area contributed by atoms with Gasteiger partial charge in [-0.25, -0.2) is 0 Å². The number of rotatable bonds is 4. The van der Waals surface area contributed by atoms with Gasteiger partial charge in [-0.15, -0.1) is 0 Å². The Morgan fingerprint density at radius 2 is 1.93 bits per heavy atom. The molecule has 4 N–H and O–H groups in total. The molecule has 2 heterocycles. The molecule has 0 radical (unpaired) electrons. The first-order valence-corrected chi connectivity index (χ1v) is 12.7. The molecule has 1 fully saturated rings. The first-order chi connectivity index (χ1) is 19.1. The van der Waals surface area contributed by atoms with Crippen LogP contribution in [0.4, 0.5) is 13.2 Å². The summed E-state index contributed by atoms with van der Waals surface area (Å²) in [4.78, 5) is 54.5. The number of aromatic hydroxyl groups is 1. The maximum absolute atomic E-state index is 13.3. The fraction of sp³-hybridized carbons (Fsp3) is 0.444. The highest BCUT2D eigenvalue weighted by Gasteiger charge is 2.48. The maximum atomic E-state index is 13.3. The molecule has 1 amide bonds. The molecule has 6 atom stereocenters. The van der Waals surface area contributed by atoms with E-state index in [1.165, 1.54) is 31.3 Å². The van der Waals surface area contributed by atoms with Crippen LogP contribution in [0, 0.1) is 0 Å². The molecule has 1 aromatic carbocycles. The highest BCUT2D eigenvalue weighted by atomic mass is 19.4. The lowest BCUT2D eigenvalue weighted by Gasteiger charge is -2.42. The number of alkyl halides is 3. The topological polar surface area (TPSA) is 172 Å². The van der Waals surface area contributed by atoms with Crippen LogP contribution in [0.25, 0.3) is 0 Å². The quantitative estimate of drug-likeness (QED) is 0.355. The van der Waals surface area contributed by atoms with Gasteiger partial charge < -0.3 is 30.1 Å². The second-order valence-corrected chi connectivity index (χ2v) is 10.4. The van der Waals surface area contributed by atoms with Gasteiger partial charge in [0.15, 0.2) is 17.9 Å². The standard InChI is InChI=1S/C27H25F3N2O9/c1-10-21(34)15(32-25(38)27(28,29)30)7-17(40-10)41-16-9-26(39,11(2)33)8-12-6-14-19(23(36)18(12)16)24(37)20-13(22(14)35)4-3-5-31-20/h3-6,10,15-17,21,34,36,39H,7-9H2,1-2H3,(H,32,38)/t10-,15-,16-,17-,21+,26-/m0/s1. The zero-order valence-corrected chi connectivity index (χ0v) is 21.7. The first kappa shape index (κ1) is 28.8. The number of phenolic OH excluding ortho intramolecular Hbond substituents is 1. The highest BCUT2D eigenvalue weighted by Crippen LogP contribution is 2.48. The number of carbonyl (C=O) groups excluding carboxylic acids is 4. The molecule has 0 unspecified atom stereocenters. The second-order valence-electron chi connectivity index (χ2n) is 10.4. The van der Waals surface area contributed by atoms with Gasteiger partial charge in [0.05, 0.1) is 29.4 Å². The zero-order chi connectivity index (χ0) is 30.0.